The van der Waals surface area contributed by atoms with Crippen LogP contribution in [-0.4, -0.2) is 34.7 Å². The molecule has 5 heteroatoms. The zero-order valence-electron chi connectivity index (χ0n) is 18.4. The van der Waals surface area contributed by atoms with Gasteiger partial charge in [-0.1, -0.05) is 90.9 Å². The number of aliphatic hydroxyl groups is 1. The lowest BCUT2D eigenvalue weighted by Gasteiger charge is -2.15. The number of rotatable bonds is 20. The molecule has 1 amide bonds. The Kier molecular flexibility index (Phi) is 18.5. The molecule has 0 spiro atoms. The normalized spacial score (nSPS) is 13.2. The Bertz CT molecular complexity index is 387. The molecule has 0 aliphatic carbocycles. The number of carbonyl (C=O) groups is 2. The Hall–Kier alpha value is -1.10. The van der Waals surface area contributed by atoms with Gasteiger partial charge in [0.2, 0.25) is 5.91 Å². The number of unbranched alkanes of at least 4 members (excludes halogenated alkanes) is 11. The number of carbonyl (C=O) groups excluding carboxylic acids is 1. The van der Waals surface area contributed by atoms with Crippen molar-refractivity contribution in [1.29, 1.82) is 0 Å². The monoisotopic (exact) mass is 399 g/mol. The Morgan fingerprint density at radius 2 is 1.29 bits per heavy atom. The van der Waals surface area contributed by atoms with Gasteiger partial charge in [0.1, 0.15) is 6.10 Å². The van der Waals surface area contributed by atoms with Crippen LogP contribution >= 0.6 is 0 Å². The van der Waals surface area contributed by atoms with Gasteiger partial charge in [-0.15, -0.1) is 0 Å². The lowest BCUT2D eigenvalue weighted by molar-refractivity contribution is -0.137. The van der Waals surface area contributed by atoms with Crippen LogP contribution in [0.5, 0.6) is 0 Å². The van der Waals surface area contributed by atoms with Crippen LogP contribution in [0.15, 0.2) is 0 Å². The van der Waals surface area contributed by atoms with E-state index in [1.807, 2.05) is 6.92 Å². The van der Waals surface area contributed by atoms with Crippen molar-refractivity contribution in [3.8, 4) is 0 Å². The zero-order chi connectivity index (χ0) is 21.0. The van der Waals surface area contributed by atoms with E-state index >= 15 is 0 Å². The van der Waals surface area contributed by atoms with Crippen molar-refractivity contribution in [3.05, 3.63) is 0 Å². The lowest BCUT2D eigenvalue weighted by Crippen LogP contribution is -2.37. The molecule has 0 rings (SSSR count). The molecule has 2 atom stereocenters. The van der Waals surface area contributed by atoms with Crippen LogP contribution in [0, 0.1) is 5.92 Å². The molecule has 0 bridgehead atoms. The summed E-state index contributed by atoms with van der Waals surface area (Å²) in [6.07, 6.45) is 16.4. The Morgan fingerprint density at radius 3 is 1.79 bits per heavy atom. The van der Waals surface area contributed by atoms with Gasteiger partial charge in [-0.05, 0) is 25.2 Å². The number of carboxylic acid groups (broad SMARTS) is 1. The number of aliphatic hydroxyl groups excluding tert-OH is 1. The molecular formula is C23H45NO4. The summed E-state index contributed by atoms with van der Waals surface area (Å²) in [7, 11) is 0. The minimum absolute atomic E-state index is 0.167. The SMILES string of the molecule is CCCCCCCCCCCCCCC(O)C(=O)NCC(C)CCCC(=O)O. The fourth-order valence-electron chi connectivity index (χ4n) is 3.41. The molecule has 0 aromatic heterocycles. The maximum Gasteiger partial charge on any atom is 0.303 e. The number of carboxylic acids is 1. The van der Waals surface area contributed by atoms with Crippen molar-refractivity contribution < 1.29 is 19.8 Å². The van der Waals surface area contributed by atoms with Crippen LogP contribution < -0.4 is 5.32 Å². The third-order valence-corrected chi connectivity index (χ3v) is 5.35. The molecule has 0 aliphatic heterocycles. The third-order valence-electron chi connectivity index (χ3n) is 5.35. The first kappa shape index (κ1) is 26.9. The van der Waals surface area contributed by atoms with E-state index in [4.69, 9.17) is 5.11 Å². The average Bonchev–Trinajstić information content (AvgIpc) is 2.66. The molecule has 5 nitrogen and oxygen atoms in total. The Labute approximate surface area is 172 Å². The van der Waals surface area contributed by atoms with Gasteiger partial charge in [0.15, 0.2) is 0 Å². The van der Waals surface area contributed by atoms with Gasteiger partial charge in [0, 0.05) is 13.0 Å². The van der Waals surface area contributed by atoms with E-state index in [0.717, 1.165) is 19.3 Å². The molecule has 0 radical (unpaired) electrons. The van der Waals surface area contributed by atoms with Crippen LogP contribution in [0.4, 0.5) is 0 Å². The molecule has 0 saturated carbocycles. The molecule has 0 aliphatic rings. The minimum Gasteiger partial charge on any atom is -0.481 e. The summed E-state index contributed by atoms with van der Waals surface area (Å²) in [6.45, 7) is 4.73. The fraction of sp³-hybridized carbons (Fsp3) is 0.913. The van der Waals surface area contributed by atoms with Crippen molar-refractivity contribution in [3.63, 3.8) is 0 Å². The molecule has 0 heterocycles. The summed E-state index contributed by atoms with van der Waals surface area (Å²) in [4.78, 5) is 22.4. The topological polar surface area (TPSA) is 86.6 Å². The van der Waals surface area contributed by atoms with Gasteiger partial charge in [-0.25, -0.2) is 0 Å². The van der Waals surface area contributed by atoms with Crippen molar-refractivity contribution in [2.24, 2.45) is 5.92 Å². The van der Waals surface area contributed by atoms with Gasteiger partial charge >= 0.3 is 5.97 Å². The second kappa shape index (κ2) is 19.2. The average molecular weight is 400 g/mol. The summed E-state index contributed by atoms with van der Waals surface area (Å²) in [5.74, 6) is -0.857. The van der Waals surface area contributed by atoms with Gasteiger partial charge in [-0.2, -0.15) is 0 Å². The van der Waals surface area contributed by atoms with Gasteiger partial charge in [0.05, 0.1) is 0 Å². The maximum atomic E-state index is 11.9. The van der Waals surface area contributed by atoms with Crippen molar-refractivity contribution in [2.75, 3.05) is 6.54 Å². The van der Waals surface area contributed by atoms with E-state index in [1.54, 1.807) is 0 Å². The number of nitrogens with one attached hydrogen (secondary N) is 1. The summed E-state index contributed by atoms with van der Waals surface area (Å²) in [5.41, 5.74) is 0. The predicted molar refractivity (Wildman–Crippen MR) is 115 cm³/mol. The number of amides is 1. The van der Waals surface area contributed by atoms with Crippen molar-refractivity contribution in [2.45, 2.75) is 123 Å². The second-order valence-corrected chi connectivity index (χ2v) is 8.33. The highest BCUT2D eigenvalue weighted by Gasteiger charge is 2.15. The minimum atomic E-state index is -0.922. The highest BCUT2D eigenvalue weighted by Crippen LogP contribution is 2.13. The number of hydrogen-bond donors (Lipinski definition) is 3. The van der Waals surface area contributed by atoms with Crippen molar-refractivity contribution >= 4 is 11.9 Å². The largest absolute Gasteiger partial charge is 0.481 e. The number of hydrogen-bond acceptors (Lipinski definition) is 3. The third kappa shape index (κ3) is 18.3. The standard InChI is InChI=1S/C23H45NO4/c1-3-4-5-6-7-8-9-10-11-12-13-14-17-21(25)23(28)24-19-20(2)16-15-18-22(26)27/h20-21,25H,3-19H2,1-2H3,(H,24,28)(H,26,27). The summed E-state index contributed by atoms with van der Waals surface area (Å²) < 4.78 is 0. The van der Waals surface area contributed by atoms with Crippen molar-refractivity contribution in [1.82, 2.24) is 5.32 Å². The predicted octanol–water partition coefficient (Wildman–Crippen LogP) is 5.45. The van der Waals surface area contributed by atoms with Gasteiger partial charge < -0.3 is 15.5 Å². The van der Waals surface area contributed by atoms with E-state index < -0.39 is 12.1 Å². The summed E-state index contributed by atoms with van der Waals surface area (Å²) in [6, 6.07) is 0. The highest BCUT2D eigenvalue weighted by molar-refractivity contribution is 5.80. The molecule has 28 heavy (non-hydrogen) atoms. The smallest absolute Gasteiger partial charge is 0.303 e. The highest BCUT2D eigenvalue weighted by atomic mass is 16.4. The first-order valence-corrected chi connectivity index (χ1v) is 11.6. The van der Waals surface area contributed by atoms with E-state index in [1.165, 1.54) is 64.2 Å². The first-order chi connectivity index (χ1) is 13.5. The van der Waals surface area contributed by atoms with E-state index in [9.17, 15) is 14.7 Å². The van der Waals surface area contributed by atoms with Crippen LogP contribution in [-0.2, 0) is 9.59 Å². The Morgan fingerprint density at radius 1 is 0.786 bits per heavy atom. The Balaban J connectivity index is 3.46. The van der Waals surface area contributed by atoms with Gasteiger partial charge in [0.25, 0.3) is 0 Å². The fourth-order valence-corrected chi connectivity index (χ4v) is 3.41. The summed E-state index contributed by atoms with van der Waals surface area (Å²) >= 11 is 0. The molecule has 0 aromatic rings. The number of aliphatic carboxylic acids is 1. The zero-order valence-corrected chi connectivity index (χ0v) is 18.4. The molecule has 166 valence electrons. The first-order valence-electron chi connectivity index (χ1n) is 11.6. The molecule has 2 unspecified atom stereocenters. The second-order valence-electron chi connectivity index (χ2n) is 8.33. The molecule has 0 saturated heterocycles. The molecule has 3 N–H and O–H groups in total. The van der Waals surface area contributed by atoms with E-state index in [2.05, 4.69) is 12.2 Å². The van der Waals surface area contributed by atoms with Crippen LogP contribution in [0.1, 0.15) is 117 Å². The maximum absolute atomic E-state index is 11.9. The van der Waals surface area contributed by atoms with E-state index in [0.29, 0.717) is 19.4 Å². The lowest BCUT2D eigenvalue weighted by atomic mass is 10.0. The molecular weight excluding hydrogens is 354 g/mol. The van der Waals surface area contributed by atoms with Crippen LogP contribution in [0.3, 0.4) is 0 Å². The summed E-state index contributed by atoms with van der Waals surface area (Å²) in [5, 5.41) is 21.4. The molecule has 0 fully saturated rings. The van der Waals surface area contributed by atoms with Gasteiger partial charge in [-0.3, -0.25) is 9.59 Å². The quantitative estimate of drug-likeness (QED) is 0.238. The van der Waals surface area contributed by atoms with E-state index in [-0.39, 0.29) is 18.2 Å². The molecule has 0 aromatic carbocycles. The van der Waals surface area contributed by atoms with Crippen LogP contribution in [0.25, 0.3) is 0 Å². The van der Waals surface area contributed by atoms with Crippen LogP contribution in [0.2, 0.25) is 0 Å².